The molecule has 1 N–H and O–H groups in total. The maximum atomic E-state index is 13.7. The minimum atomic E-state index is -0.192. The summed E-state index contributed by atoms with van der Waals surface area (Å²) in [6.45, 7) is 4.00. The van der Waals surface area contributed by atoms with Crippen LogP contribution in [0.3, 0.4) is 0 Å². The van der Waals surface area contributed by atoms with E-state index in [4.69, 9.17) is 4.74 Å². The van der Waals surface area contributed by atoms with E-state index in [2.05, 4.69) is 4.90 Å². The quantitative estimate of drug-likeness (QED) is 0.825. The van der Waals surface area contributed by atoms with Gasteiger partial charge in [0, 0.05) is 18.2 Å². The lowest BCUT2D eigenvalue weighted by molar-refractivity contribution is 0.189. The topological polar surface area (TPSA) is 32.7 Å². The van der Waals surface area contributed by atoms with Crippen molar-refractivity contribution in [3.63, 3.8) is 0 Å². The average molecular weight is 343 g/mol. The first kappa shape index (κ1) is 17.7. The fourth-order valence-corrected chi connectivity index (χ4v) is 3.63. The number of para-hydroxylation sites is 1. The van der Waals surface area contributed by atoms with Crippen molar-refractivity contribution in [3.05, 3.63) is 59.4 Å². The highest BCUT2D eigenvalue weighted by molar-refractivity contribution is 5.45. The smallest absolute Gasteiger partial charge is 0.162 e. The van der Waals surface area contributed by atoms with Gasteiger partial charge in [0.1, 0.15) is 5.82 Å². The lowest BCUT2D eigenvalue weighted by Gasteiger charge is -2.30. The number of hydrogen-bond donors (Lipinski definition) is 1. The van der Waals surface area contributed by atoms with E-state index in [-0.39, 0.29) is 17.6 Å². The first-order chi connectivity index (χ1) is 12.2. The Labute approximate surface area is 149 Å². The summed E-state index contributed by atoms with van der Waals surface area (Å²) >= 11 is 0. The number of nitrogens with zero attached hydrogens (tertiary/aromatic N) is 1. The summed E-state index contributed by atoms with van der Waals surface area (Å²) in [5.41, 5.74) is 1.87. The zero-order chi connectivity index (χ0) is 17.6. The molecule has 0 aromatic heterocycles. The van der Waals surface area contributed by atoms with E-state index in [0.717, 1.165) is 36.9 Å². The van der Waals surface area contributed by atoms with E-state index in [1.165, 1.54) is 12.5 Å². The van der Waals surface area contributed by atoms with E-state index < -0.39 is 0 Å². The lowest BCUT2D eigenvalue weighted by atomic mass is 10.00. The molecular formula is C21H26FNO2. The Kier molecular flexibility index (Phi) is 5.92. The molecule has 3 nitrogen and oxygen atoms in total. The Morgan fingerprint density at radius 1 is 1.16 bits per heavy atom. The summed E-state index contributed by atoms with van der Waals surface area (Å²) in [7, 11) is 0. The molecular weight excluding hydrogens is 317 g/mol. The first-order valence-electron chi connectivity index (χ1n) is 9.12. The molecule has 25 heavy (non-hydrogen) atoms. The second-order valence-corrected chi connectivity index (χ2v) is 6.59. The molecule has 2 aromatic rings. The molecule has 1 fully saturated rings. The van der Waals surface area contributed by atoms with Gasteiger partial charge in [-0.3, -0.25) is 4.90 Å². The summed E-state index contributed by atoms with van der Waals surface area (Å²) in [6.07, 6.45) is 4.46. The zero-order valence-corrected chi connectivity index (χ0v) is 14.7. The van der Waals surface area contributed by atoms with Crippen molar-refractivity contribution < 1.29 is 14.2 Å². The number of aromatic hydroxyl groups is 1. The first-order valence-corrected chi connectivity index (χ1v) is 9.12. The Balaban J connectivity index is 1.86. The third-order valence-electron chi connectivity index (χ3n) is 4.85. The number of ether oxygens (including phenoxy) is 1. The van der Waals surface area contributed by atoms with E-state index >= 15 is 0 Å². The van der Waals surface area contributed by atoms with Crippen molar-refractivity contribution in [2.45, 2.75) is 45.2 Å². The predicted molar refractivity (Wildman–Crippen MR) is 97.3 cm³/mol. The number of phenolic OH excluding ortho intramolecular Hbond substituents is 1. The fourth-order valence-electron chi connectivity index (χ4n) is 3.63. The second-order valence-electron chi connectivity index (χ2n) is 6.59. The van der Waals surface area contributed by atoms with Crippen LogP contribution < -0.4 is 4.74 Å². The van der Waals surface area contributed by atoms with Gasteiger partial charge in [-0.25, -0.2) is 4.39 Å². The highest BCUT2D eigenvalue weighted by Crippen LogP contribution is 2.35. The Morgan fingerprint density at radius 2 is 2.00 bits per heavy atom. The van der Waals surface area contributed by atoms with Crippen LogP contribution in [-0.4, -0.2) is 23.2 Å². The summed E-state index contributed by atoms with van der Waals surface area (Å²) < 4.78 is 19.2. The van der Waals surface area contributed by atoms with Gasteiger partial charge >= 0.3 is 0 Å². The van der Waals surface area contributed by atoms with Gasteiger partial charge in [-0.15, -0.1) is 0 Å². The van der Waals surface area contributed by atoms with Gasteiger partial charge < -0.3 is 9.84 Å². The van der Waals surface area contributed by atoms with Gasteiger partial charge in [0.05, 0.1) is 6.61 Å². The minimum Gasteiger partial charge on any atom is -0.504 e. The van der Waals surface area contributed by atoms with Crippen LogP contribution in [-0.2, 0) is 6.54 Å². The molecule has 0 amide bonds. The molecule has 4 heteroatoms. The normalized spacial score (nSPS) is 18.7. The van der Waals surface area contributed by atoms with E-state index in [0.29, 0.717) is 18.9 Å². The monoisotopic (exact) mass is 343 g/mol. The molecule has 1 aliphatic heterocycles. The highest BCUT2D eigenvalue weighted by Gasteiger charge is 2.24. The maximum absolute atomic E-state index is 13.7. The van der Waals surface area contributed by atoms with Gasteiger partial charge in [0.2, 0.25) is 0 Å². The van der Waals surface area contributed by atoms with E-state index in [9.17, 15) is 9.50 Å². The molecule has 0 radical (unpaired) electrons. The Hall–Kier alpha value is -2.07. The molecule has 134 valence electrons. The molecule has 0 bridgehead atoms. The molecule has 1 atom stereocenters. The number of hydrogen-bond acceptors (Lipinski definition) is 3. The molecule has 0 saturated carbocycles. The molecule has 0 unspecified atom stereocenters. The molecule has 1 aliphatic rings. The molecule has 2 aromatic carbocycles. The number of likely N-dealkylation sites (tertiary alicyclic amines) is 1. The van der Waals surface area contributed by atoms with Crippen molar-refractivity contribution in [3.8, 4) is 11.5 Å². The van der Waals surface area contributed by atoms with Crippen LogP contribution in [0.1, 0.15) is 49.8 Å². The third kappa shape index (κ3) is 4.31. The van der Waals surface area contributed by atoms with E-state index in [1.54, 1.807) is 18.2 Å². The summed E-state index contributed by atoms with van der Waals surface area (Å²) in [6, 6.07) is 12.7. The van der Waals surface area contributed by atoms with Crippen LogP contribution in [0, 0.1) is 5.82 Å². The van der Waals surface area contributed by atoms with Gasteiger partial charge in [-0.1, -0.05) is 37.1 Å². The second kappa shape index (κ2) is 8.34. The molecule has 1 saturated heterocycles. The molecule has 0 aliphatic carbocycles. The number of benzene rings is 2. The van der Waals surface area contributed by atoms with Gasteiger partial charge in [0.25, 0.3) is 0 Å². The SMILES string of the molecule is CCOc1cccc(CN2CCCCC[C@@H]2c2cccc(F)c2)c1O. The average Bonchev–Trinajstić information content (AvgIpc) is 2.84. The predicted octanol–water partition coefficient (Wildman–Crippen LogP) is 5.05. The van der Waals surface area contributed by atoms with Crippen molar-refractivity contribution in [1.82, 2.24) is 4.90 Å². The third-order valence-corrected chi connectivity index (χ3v) is 4.85. The minimum absolute atomic E-state index is 0.174. The Morgan fingerprint density at radius 3 is 2.80 bits per heavy atom. The lowest BCUT2D eigenvalue weighted by Crippen LogP contribution is -2.28. The van der Waals surface area contributed by atoms with Gasteiger partial charge in [-0.2, -0.15) is 0 Å². The number of halogens is 1. The van der Waals surface area contributed by atoms with Crippen molar-refractivity contribution in [2.24, 2.45) is 0 Å². The van der Waals surface area contributed by atoms with Crippen molar-refractivity contribution in [1.29, 1.82) is 0 Å². The molecule has 0 spiro atoms. The highest BCUT2D eigenvalue weighted by atomic mass is 19.1. The summed E-state index contributed by atoms with van der Waals surface area (Å²) in [5.74, 6) is 0.548. The molecule has 1 heterocycles. The van der Waals surface area contributed by atoms with Gasteiger partial charge in [-0.05, 0) is 50.1 Å². The number of phenols is 1. The van der Waals surface area contributed by atoms with Crippen molar-refractivity contribution >= 4 is 0 Å². The molecule has 3 rings (SSSR count). The summed E-state index contributed by atoms with van der Waals surface area (Å²) in [5, 5.41) is 10.5. The maximum Gasteiger partial charge on any atom is 0.162 e. The number of rotatable bonds is 5. The van der Waals surface area contributed by atoms with Crippen LogP contribution >= 0.6 is 0 Å². The summed E-state index contributed by atoms with van der Waals surface area (Å²) in [4.78, 5) is 2.35. The van der Waals surface area contributed by atoms with Crippen LogP contribution in [0.2, 0.25) is 0 Å². The van der Waals surface area contributed by atoms with Crippen LogP contribution in [0.5, 0.6) is 11.5 Å². The van der Waals surface area contributed by atoms with E-state index in [1.807, 2.05) is 25.1 Å². The zero-order valence-electron chi connectivity index (χ0n) is 14.7. The standard InChI is InChI=1S/C21H26FNO2/c1-2-25-20-12-7-9-17(21(20)24)15-23-13-5-3-4-11-19(23)16-8-6-10-18(22)14-16/h6-10,12,14,19,24H,2-5,11,13,15H2,1H3/t19-/m1/s1. The van der Waals surface area contributed by atoms with Crippen LogP contribution in [0.15, 0.2) is 42.5 Å². The van der Waals surface area contributed by atoms with Crippen molar-refractivity contribution in [2.75, 3.05) is 13.2 Å². The van der Waals surface area contributed by atoms with Gasteiger partial charge in [0.15, 0.2) is 11.5 Å². The van der Waals surface area contributed by atoms with Crippen LogP contribution in [0.25, 0.3) is 0 Å². The Bertz CT molecular complexity index is 704. The largest absolute Gasteiger partial charge is 0.504 e. The van der Waals surface area contributed by atoms with Crippen LogP contribution in [0.4, 0.5) is 4.39 Å². The fraction of sp³-hybridized carbons (Fsp3) is 0.429.